The molecule has 0 unspecified atom stereocenters. The van der Waals surface area contributed by atoms with E-state index in [4.69, 9.17) is 4.52 Å². The molecule has 7 heteroatoms. The van der Waals surface area contributed by atoms with E-state index >= 15 is 0 Å². The number of aryl methyl sites for hydroxylation is 2. The van der Waals surface area contributed by atoms with Gasteiger partial charge in [0, 0.05) is 12.1 Å². The summed E-state index contributed by atoms with van der Waals surface area (Å²) in [4.78, 5) is 0.186. The van der Waals surface area contributed by atoms with Gasteiger partial charge < -0.3 is 9.84 Å². The molecule has 1 fully saturated rings. The second-order valence-electron chi connectivity index (χ2n) is 5.38. The van der Waals surface area contributed by atoms with Gasteiger partial charge in [-0.1, -0.05) is 12.1 Å². The van der Waals surface area contributed by atoms with Crippen LogP contribution in [0.1, 0.15) is 44.1 Å². The number of aromatic nitrogens is 1. The monoisotopic (exact) mass is 301 g/mol. The molecule has 0 bridgehead atoms. The molecule has 1 aromatic heterocycles. The Bertz CT molecular complexity index is 526. The molecule has 20 heavy (non-hydrogen) atoms. The van der Waals surface area contributed by atoms with Crippen LogP contribution in [0.25, 0.3) is 0 Å². The van der Waals surface area contributed by atoms with Gasteiger partial charge in [-0.3, -0.25) is 0 Å². The predicted octanol–water partition coefficient (Wildman–Crippen LogP) is 1.49. The fourth-order valence-corrected chi connectivity index (χ4v) is 4.47. The highest BCUT2D eigenvalue weighted by atomic mass is 32.2. The molecule has 0 atom stereocenters. The molecule has 6 nitrogen and oxygen atoms in total. The maximum absolute atomic E-state index is 12.4. The van der Waals surface area contributed by atoms with E-state index in [9.17, 15) is 8.42 Å². The van der Waals surface area contributed by atoms with Gasteiger partial charge in [-0.15, -0.1) is 0 Å². The molecule has 0 aromatic carbocycles. The van der Waals surface area contributed by atoms with Gasteiger partial charge in [0.15, 0.2) is 5.76 Å². The van der Waals surface area contributed by atoms with Gasteiger partial charge in [-0.2, -0.15) is 0 Å². The molecule has 2 rings (SSSR count). The van der Waals surface area contributed by atoms with Crippen LogP contribution >= 0.6 is 0 Å². The van der Waals surface area contributed by atoms with Gasteiger partial charge in [0.1, 0.15) is 10.6 Å². The van der Waals surface area contributed by atoms with Crippen molar-refractivity contribution in [3.63, 3.8) is 0 Å². The molecule has 0 aliphatic heterocycles. The fourth-order valence-electron chi connectivity index (χ4n) is 2.84. The Morgan fingerprint density at radius 3 is 2.30 bits per heavy atom. The zero-order valence-corrected chi connectivity index (χ0v) is 13.1. The Kier molecular flexibility index (Phi) is 4.82. The average Bonchev–Trinajstić information content (AvgIpc) is 2.72. The smallest absolute Gasteiger partial charge is 0.246 e. The van der Waals surface area contributed by atoms with Crippen LogP contribution in [-0.4, -0.2) is 32.2 Å². The van der Waals surface area contributed by atoms with Crippen molar-refractivity contribution in [1.82, 2.24) is 15.2 Å². The minimum absolute atomic E-state index is 0.00334. The summed E-state index contributed by atoms with van der Waals surface area (Å²) in [5.41, 5.74) is 0.413. The van der Waals surface area contributed by atoms with Crippen LogP contribution < -0.4 is 10.0 Å². The highest BCUT2D eigenvalue weighted by Gasteiger charge is 2.29. The fraction of sp³-hybridized carbons (Fsp3) is 0.769. The zero-order chi connectivity index (χ0) is 14.8. The Labute approximate surface area is 120 Å². The predicted molar refractivity (Wildman–Crippen MR) is 76.0 cm³/mol. The topological polar surface area (TPSA) is 84.2 Å². The van der Waals surface area contributed by atoms with E-state index in [1.807, 2.05) is 0 Å². The van der Waals surface area contributed by atoms with Crippen LogP contribution in [0.5, 0.6) is 0 Å². The van der Waals surface area contributed by atoms with Crippen molar-refractivity contribution in [3.8, 4) is 0 Å². The first-order valence-corrected chi connectivity index (χ1v) is 8.61. The quantitative estimate of drug-likeness (QED) is 0.861. The zero-order valence-electron chi connectivity index (χ0n) is 12.3. The summed E-state index contributed by atoms with van der Waals surface area (Å²) in [6.45, 7) is 6.32. The number of sulfonamides is 1. The van der Waals surface area contributed by atoms with Gasteiger partial charge in [-0.05, 0) is 46.1 Å². The van der Waals surface area contributed by atoms with Crippen molar-refractivity contribution >= 4 is 10.0 Å². The van der Waals surface area contributed by atoms with Crippen LogP contribution in [-0.2, 0) is 10.0 Å². The molecule has 0 amide bonds. The molecule has 1 aliphatic rings. The molecule has 1 heterocycles. The molecule has 1 saturated carbocycles. The summed E-state index contributed by atoms with van der Waals surface area (Å²) in [6, 6.07) is 0.517. The number of nitrogens with zero attached hydrogens (tertiary/aromatic N) is 1. The van der Waals surface area contributed by atoms with E-state index in [-0.39, 0.29) is 10.9 Å². The maximum Gasteiger partial charge on any atom is 0.246 e. The van der Waals surface area contributed by atoms with E-state index in [0.29, 0.717) is 17.5 Å². The largest absolute Gasteiger partial charge is 0.360 e. The molecule has 114 valence electrons. The first-order chi connectivity index (χ1) is 9.44. The molecule has 2 N–H and O–H groups in total. The lowest BCUT2D eigenvalue weighted by atomic mass is 9.92. The molecule has 1 aromatic rings. The normalized spacial score (nSPS) is 23.9. The first kappa shape index (κ1) is 15.5. The molecule has 0 spiro atoms. The molecular weight excluding hydrogens is 278 g/mol. The third kappa shape index (κ3) is 3.39. The van der Waals surface area contributed by atoms with Crippen LogP contribution in [0.3, 0.4) is 0 Å². The molecular formula is C13H23N3O3S. The number of rotatable bonds is 5. The second kappa shape index (κ2) is 6.24. The van der Waals surface area contributed by atoms with Gasteiger partial charge >= 0.3 is 0 Å². The van der Waals surface area contributed by atoms with Crippen LogP contribution in [0, 0.1) is 13.8 Å². The van der Waals surface area contributed by atoms with Crippen LogP contribution in [0.4, 0.5) is 0 Å². The van der Waals surface area contributed by atoms with Crippen LogP contribution in [0.15, 0.2) is 9.42 Å². The second-order valence-corrected chi connectivity index (χ2v) is 7.03. The summed E-state index contributed by atoms with van der Waals surface area (Å²) in [7, 11) is -3.53. The van der Waals surface area contributed by atoms with Gasteiger partial charge in [0.25, 0.3) is 0 Å². The van der Waals surface area contributed by atoms with E-state index in [2.05, 4.69) is 22.1 Å². The maximum atomic E-state index is 12.4. The Morgan fingerprint density at radius 1 is 1.20 bits per heavy atom. The lowest BCUT2D eigenvalue weighted by Gasteiger charge is -2.29. The Balaban J connectivity index is 2.00. The highest BCUT2D eigenvalue weighted by molar-refractivity contribution is 7.89. The summed E-state index contributed by atoms with van der Waals surface area (Å²) in [5, 5.41) is 7.12. The Hall–Kier alpha value is -0.920. The first-order valence-electron chi connectivity index (χ1n) is 7.12. The summed E-state index contributed by atoms with van der Waals surface area (Å²) < 4.78 is 32.5. The van der Waals surface area contributed by atoms with Gasteiger partial charge in [0.2, 0.25) is 10.0 Å². The van der Waals surface area contributed by atoms with E-state index in [1.54, 1.807) is 13.8 Å². The van der Waals surface area contributed by atoms with Crippen LogP contribution in [0.2, 0.25) is 0 Å². The van der Waals surface area contributed by atoms with Crippen molar-refractivity contribution in [2.24, 2.45) is 0 Å². The molecule has 1 aliphatic carbocycles. The van der Waals surface area contributed by atoms with E-state index in [1.165, 1.54) is 0 Å². The summed E-state index contributed by atoms with van der Waals surface area (Å²) in [6.07, 6.45) is 3.73. The van der Waals surface area contributed by atoms with E-state index in [0.717, 1.165) is 32.2 Å². The molecule has 0 radical (unpaired) electrons. The third-order valence-electron chi connectivity index (χ3n) is 3.78. The number of nitrogens with one attached hydrogen (secondary N) is 2. The standard InChI is InChI=1S/C13H23N3O3S/c1-4-14-11-5-7-12(8-6-11)16-20(17,18)13-9(2)15-19-10(13)3/h11-12,14,16H,4-8H2,1-3H3. The van der Waals surface area contributed by atoms with Gasteiger partial charge in [0.05, 0.1) is 0 Å². The SMILES string of the molecule is CCNC1CCC(NS(=O)(=O)c2c(C)noc2C)CC1. The molecule has 0 saturated heterocycles. The van der Waals surface area contributed by atoms with Crippen molar-refractivity contribution < 1.29 is 12.9 Å². The lowest BCUT2D eigenvalue weighted by Crippen LogP contribution is -2.42. The number of hydrogen-bond donors (Lipinski definition) is 2. The van der Waals surface area contributed by atoms with Crippen molar-refractivity contribution in [2.75, 3.05) is 6.54 Å². The lowest BCUT2D eigenvalue weighted by molar-refractivity contribution is 0.333. The minimum Gasteiger partial charge on any atom is -0.360 e. The van der Waals surface area contributed by atoms with Crippen molar-refractivity contribution in [1.29, 1.82) is 0 Å². The Morgan fingerprint density at radius 2 is 1.80 bits per heavy atom. The summed E-state index contributed by atoms with van der Waals surface area (Å²) >= 11 is 0. The highest BCUT2D eigenvalue weighted by Crippen LogP contribution is 2.23. The third-order valence-corrected chi connectivity index (χ3v) is 5.54. The van der Waals surface area contributed by atoms with Gasteiger partial charge in [-0.25, -0.2) is 13.1 Å². The average molecular weight is 301 g/mol. The van der Waals surface area contributed by atoms with E-state index < -0.39 is 10.0 Å². The number of hydrogen-bond acceptors (Lipinski definition) is 5. The minimum atomic E-state index is -3.53. The van der Waals surface area contributed by atoms with Crippen molar-refractivity contribution in [2.45, 2.75) is 63.4 Å². The van der Waals surface area contributed by atoms with Crippen molar-refractivity contribution in [3.05, 3.63) is 11.5 Å². The summed E-state index contributed by atoms with van der Waals surface area (Å²) in [5.74, 6) is 0.344.